The van der Waals surface area contributed by atoms with Gasteiger partial charge in [-0.2, -0.15) is 0 Å². The molecule has 2 radical (unpaired) electrons. The van der Waals surface area contributed by atoms with Gasteiger partial charge in [0.05, 0.1) is 11.8 Å². The van der Waals surface area contributed by atoms with Crippen LogP contribution in [0, 0.1) is 11.8 Å². The summed E-state index contributed by atoms with van der Waals surface area (Å²) in [6, 6.07) is 26.7. The Bertz CT molecular complexity index is 1430. The van der Waals surface area contributed by atoms with Crippen LogP contribution < -0.4 is 9.13 Å². The Morgan fingerprint density at radius 3 is 1.07 bits per heavy atom. The zero-order valence-corrected chi connectivity index (χ0v) is 22.5. The van der Waals surface area contributed by atoms with E-state index in [4.69, 9.17) is 0 Å². The molecule has 12 bridgehead atoms. The first-order valence-corrected chi connectivity index (χ1v) is 13.9. The van der Waals surface area contributed by atoms with E-state index >= 15 is 0 Å². The molecule has 0 atom stereocenters. The minimum atomic E-state index is 0.854. The molecule has 4 heteroatoms. The highest BCUT2D eigenvalue weighted by Gasteiger charge is 2.15. The molecule has 0 amide bonds. The van der Waals surface area contributed by atoms with Gasteiger partial charge in [0, 0.05) is 73.3 Å². The van der Waals surface area contributed by atoms with Crippen LogP contribution in [0.25, 0.3) is 0 Å². The summed E-state index contributed by atoms with van der Waals surface area (Å²) >= 11 is 0. The Balaban J connectivity index is 1.14. The van der Waals surface area contributed by atoms with E-state index in [1.807, 2.05) is 0 Å². The summed E-state index contributed by atoms with van der Waals surface area (Å²) in [6.07, 6.45) is 26.2. The molecule has 0 saturated heterocycles. The van der Waals surface area contributed by atoms with E-state index in [2.05, 4.69) is 166 Å². The SMILES string of the molecule is C1=CN2C=C[C]1c1cc[n+](cc1)Cc1ccc(cc1)CN1C=C[C](C=C1)c1cc[n+](cc1)Cc1ccc(cc1)C2. The maximum atomic E-state index is 2.24. The fraction of sp³-hybridized carbons (Fsp3) is 0.111. The van der Waals surface area contributed by atoms with Crippen LogP contribution in [-0.4, -0.2) is 9.80 Å². The molecule has 20 heterocycles. The quantitative estimate of drug-likeness (QED) is 0.280. The van der Waals surface area contributed by atoms with E-state index in [-0.39, 0.29) is 0 Å². The van der Waals surface area contributed by atoms with Crippen LogP contribution in [0.2, 0.25) is 0 Å². The van der Waals surface area contributed by atoms with Crippen molar-refractivity contribution in [1.29, 1.82) is 0 Å². The van der Waals surface area contributed by atoms with Crippen molar-refractivity contribution in [3.8, 4) is 0 Å². The normalized spacial score (nSPS) is 16.9. The molecule has 0 spiro atoms. The molecule has 0 aliphatic carbocycles. The van der Waals surface area contributed by atoms with Gasteiger partial charge in [-0.1, -0.05) is 72.8 Å². The first-order chi connectivity index (χ1) is 19.7. The number of aromatic nitrogens is 2. The third-order valence-electron chi connectivity index (χ3n) is 7.74. The maximum absolute atomic E-state index is 2.24. The standard InChI is InChI=1S/C36H32N4/c1-2-30-4-3-29(1)25-37-17-9-33(10-18-37)35-13-21-39(22-14-35)27-31-5-7-32(8-6-31)28-40-23-15-36(16-24-40)34-11-19-38(26-30)20-12-34/h1-24H,25-28H2/q+2. The predicted molar refractivity (Wildman–Crippen MR) is 157 cm³/mol. The van der Waals surface area contributed by atoms with Crippen molar-refractivity contribution in [2.24, 2.45) is 0 Å². The summed E-state index contributed by atoms with van der Waals surface area (Å²) in [4.78, 5) is 4.47. The van der Waals surface area contributed by atoms with E-state index < -0.39 is 0 Å². The lowest BCUT2D eigenvalue weighted by Crippen LogP contribution is -2.33. The molecule has 4 aromatic rings. The second kappa shape index (κ2) is 10.8. The minimum absolute atomic E-state index is 0.854. The van der Waals surface area contributed by atoms with E-state index in [0.717, 1.165) is 26.2 Å². The van der Waals surface area contributed by atoms with Gasteiger partial charge in [0.15, 0.2) is 37.9 Å². The molecule has 0 saturated carbocycles. The molecule has 0 unspecified atom stereocenters. The molecule has 4 nitrogen and oxygen atoms in total. The molecular formula is C36H32N4+2. The highest BCUT2D eigenvalue weighted by molar-refractivity contribution is 5.45. The number of nitrogens with zero attached hydrogens (tertiary/aromatic N) is 4. The molecule has 22 rings (SSSR count). The highest BCUT2D eigenvalue weighted by atomic mass is 15.1. The summed E-state index contributed by atoms with van der Waals surface area (Å²) in [6.45, 7) is 3.42. The first kappa shape index (κ1) is 24.3. The number of hydrogen-bond donors (Lipinski definition) is 0. The van der Waals surface area contributed by atoms with Crippen molar-refractivity contribution >= 4 is 0 Å². The zero-order chi connectivity index (χ0) is 26.7. The van der Waals surface area contributed by atoms with Gasteiger partial charge in [-0.3, -0.25) is 0 Å². The number of rotatable bonds is 0. The van der Waals surface area contributed by atoms with Crippen LogP contribution >= 0.6 is 0 Å². The monoisotopic (exact) mass is 520 g/mol. The van der Waals surface area contributed by atoms with Crippen LogP contribution in [-0.2, 0) is 26.2 Å². The number of pyridine rings is 2. The van der Waals surface area contributed by atoms with Gasteiger partial charge in [-0.05, 0) is 22.3 Å². The molecule has 40 heavy (non-hydrogen) atoms. The van der Waals surface area contributed by atoms with Gasteiger partial charge in [0.2, 0.25) is 0 Å². The topological polar surface area (TPSA) is 14.2 Å². The Kier molecular flexibility index (Phi) is 6.58. The fourth-order valence-electron chi connectivity index (χ4n) is 5.36. The smallest absolute Gasteiger partial charge is 0.173 e. The summed E-state index contributed by atoms with van der Waals surface area (Å²) in [7, 11) is 0. The van der Waals surface area contributed by atoms with E-state index in [1.165, 1.54) is 45.2 Å². The first-order valence-electron chi connectivity index (χ1n) is 13.9. The average molecular weight is 521 g/mol. The van der Waals surface area contributed by atoms with Gasteiger partial charge in [0.25, 0.3) is 0 Å². The molecular weight excluding hydrogens is 488 g/mol. The number of hydrogen-bond acceptors (Lipinski definition) is 2. The highest BCUT2D eigenvalue weighted by Crippen LogP contribution is 2.24. The zero-order valence-electron chi connectivity index (χ0n) is 22.5. The average Bonchev–Trinajstić information content (AvgIpc) is 3.00. The van der Waals surface area contributed by atoms with Gasteiger partial charge in [0.1, 0.15) is 0 Å². The van der Waals surface area contributed by atoms with Gasteiger partial charge < -0.3 is 9.80 Å². The number of benzene rings is 2. The van der Waals surface area contributed by atoms with Crippen molar-refractivity contribution in [2.45, 2.75) is 26.2 Å². The predicted octanol–water partition coefficient (Wildman–Crippen LogP) is 5.60. The van der Waals surface area contributed by atoms with Crippen molar-refractivity contribution in [1.82, 2.24) is 9.80 Å². The second-order valence-electron chi connectivity index (χ2n) is 10.7. The molecule has 194 valence electrons. The Labute approximate surface area is 236 Å². The van der Waals surface area contributed by atoms with Crippen molar-refractivity contribution in [2.75, 3.05) is 0 Å². The maximum Gasteiger partial charge on any atom is 0.173 e. The van der Waals surface area contributed by atoms with Crippen molar-refractivity contribution in [3.63, 3.8) is 0 Å². The van der Waals surface area contributed by atoms with Crippen molar-refractivity contribution < 1.29 is 9.13 Å². The van der Waals surface area contributed by atoms with E-state index in [0.29, 0.717) is 0 Å². The summed E-state index contributed by atoms with van der Waals surface area (Å²) in [5, 5.41) is 0. The van der Waals surface area contributed by atoms with Crippen LogP contribution in [0.4, 0.5) is 0 Å². The Morgan fingerprint density at radius 1 is 0.400 bits per heavy atom. The molecule has 0 N–H and O–H groups in total. The third kappa shape index (κ3) is 5.52. The molecule has 2 aromatic heterocycles. The fourth-order valence-corrected chi connectivity index (χ4v) is 5.36. The molecule has 0 fully saturated rings. The lowest BCUT2D eigenvalue weighted by molar-refractivity contribution is -0.688. The van der Waals surface area contributed by atoms with Crippen LogP contribution in [0.3, 0.4) is 0 Å². The van der Waals surface area contributed by atoms with E-state index in [9.17, 15) is 0 Å². The minimum Gasteiger partial charge on any atom is -0.350 e. The van der Waals surface area contributed by atoms with Gasteiger partial charge >= 0.3 is 0 Å². The third-order valence-corrected chi connectivity index (χ3v) is 7.74. The Hall–Kier alpha value is -4.70. The Morgan fingerprint density at radius 2 is 0.725 bits per heavy atom. The van der Waals surface area contributed by atoms with Crippen LogP contribution in [0.5, 0.6) is 0 Å². The largest absolute Gasteiger partial charge is 0.350 e. The summed E-state index contributed by atoms with van der Waals surface area (Å²) in [5.74, 6) is 2.45. The molecule has 18 aliphatic heterocycles. The van der Waals surface area contributed by atoms with Gasteiger partial charge in [-0.15, -0.1) is 0 Å². The lowest BCUT2D eigenvalue weighted by atomic mass is 9.98. The van der Waals surface area contributed by atoms with Gasteiger partial charge in [-0.25, -0.2) is 9.13 Å². The van der Waals surface area contributed by atoms with Crippen LogP contribution in [0.1, 0.15) is 33.4 Å². The molecule has 2 aromatic carbocycles. The van der Waals surface area contributed by atoms with Crippen molar-refractivity contribution in [3.05, 3.63) is 192 Å². The summed E-state index contributed by atoms with van der Waals surface area (Å²) in [5.41, 5.74) is 7.64. The van der Waals surface area contributed by atoms with E-state index in [1.54, 1.807) is 0 Å². The van der Waals surface area contributed by atoms with Crippen LogP contribution in [0.15, 0.2) is 147 Å². The lowest BCUT2D eigenvalue weighted by Gasteiger charge is -2.22. The molecule has 18 aliphatic rings. The summed E-state index contributed by atoms with van der Waals surface area (Å²) < 4.78 is 4.47. The second-order valence-corrected chi connectivity index (χ2v) is 10.7. The number of allylic oxidation sites excluding steroid dienone is 4.